The summed E-state index contributed by atoms with van der Waals surface area (Å²) in [6, 6.07) is 4.04. The molecule has 0 radical (unpaired) electrons. The molecule has 0 aliphatic heterocycles. The van der Waals surface area contributed by atoms with E-state index in [1.54, 1.807) is 6.07 Å². The fourth-order valence-corrected chi connectivity index (χ4v) is 7.04. The number of sulfone groups is 1. The Morgan fingerprint density at radius 3 is 2.06 bits per heavy atom. The number of amides is 2. The van der Waals surface area contributed by atoms with Gasteiger partial charge in [-0.15, -0.1) is 0 Å². The predicted molar refractivity (Wildman–Crippen MR) is 120 cm³/mol. The van der Waals surface area contributed by atoms with Crippen molar-refractivity contribution >= 4 is 27.3 Å². The lowest BCUT2D eigenvalue weighted by Gasteiger charge is -2.55. The van der Waals surface area contributed by atoms with Crippen molar-refractivity contribution in [3.05, 3.63) is 23.8 Å². The average molecular weight is 447 g/mol. The van der Waals surface area contributed by atoms with Crippen LogP contribution in [0.25, 0.3) is 0 Å². The van der Waals surface area contributed by atoms with Crippen LogP contribution in [0.3, 0.4) is 0 Å². The van der Waals surface area contributed by atoms with Crippen LogP contribution in [0, 0.1) is 36.0 Å². The van der Waals surface area contributed by atoms with Crippen LogP contribution in [-0.4, -0.2) is 32.5 Å². The average Bonchev–Trinajstić information content (AvgIpc) is 2.65. The summed E-state index contributed by atoms with van der Waals surface area (Å²) in [6.07, 6.45) is 7.78. The van der Waals surface area contributed by atoms with E-state index in [0.717, 1.165) is 31.1 Å². The standard InChI is InChI=1S/C24H34N2O4S/c1-14(2)21(22(27)25-20-10-19(31(4,29)30)6-5-15(20)3)26-23(28)24-11-16-7-17(12-24)9-18(8-16)13-24/h5-6,10,14,16-18,21H,7-9,11-13H2,1-4H3,(H,25,27)(H,26,28). The van der Waals surface area contributed by atoms with Crippen molar-refractivity contribution < 1.29 is 18.0 Å². The Morgan fingerprint density at radius 2 is 1.58 bits per heavy atom. The summed E-state index contributed by atoms with van der Waals surface area (Å²) < 4.78 is 23.8. The monoisotopic (exact) mass is 446 g/mol. The van der Waals surface area contributed by atoms with Gasteiger partial charge in [0, 0.05) is 17.4 Å². The Bertz CT molecular complexity index is 964. The lowest BCUT2D eigenvalue weighted by Crippen LogP contribution is -2.57. The number of aryl methyl sites for hydroxylation is 1. The van der Waals surface area contributed by atoms with Crippen molar-refractivity contribution in [1.82, 2.24) is 5.32 Å². The Morgan fingerprint density at radius 1 is 1.03 bits per heavy atom. The lowest BCUT2D eigenvalue weighted by molar-refractivity contribution is -0.148. The van der Waals surface area contributed by atoms with Gasteiger partial charge in [-0.25, -0.2) is 8.42 Å². The van der Waals surface area contributed by atoms with E-state index in [9.17, 15) is 18.0 Å². The fraction of sp³-hybridized carbons (Fsp3) is 0.667. The van der Waals surface area contributed by atoms with Gasteiger partial charge in [-0.1, -0.05) is 19.9 Å². The van der Waals surface area contributed by atoms with Crippen molar-refractivity contribution in [2.75, 3.05) is 11.6 Å². The van der Waals surface area contributed by atoms with Crippen LogP contribution >= 0.6 is 0 Å². The van der Waals surface area contributed by atoms with Crippen molar-refractivity contribution in [2.24, 2.45) is 29.1 Å². The summed E-state index contributed by atoms with van der Waals surface area (Å²) in [5, 5.41) is 5.95. The van der Waals surface area contributed by atoms with Gasteiger partial charge in [0.1, 0.15) is 6.04 Å². The molecule has 31 heavy (non-hydrogen) atoms. The molecular formula is C24H34N2O4S. The van der Waals surface area contributed by atoms with E-state index in [-0.39, 0.29) is 28.0 Å². The Hall–Kier alpha value is -1.89. The smallest absolute Gasteiger partial charge is 0.247 e. The molecule has 1 unspecified atom stereocenters. The van der Waals surface area contributed by atoms with E-state index in [0.29, 0.717) is 23.4 Å². The van der Waals surface area contributed by atoms with Crippen LogP contribution in [-0.2, 0) is 19.4 Å². The van der Waals surface area contributed by atoms with Gasteiger partial charge < -0.3 is 10.6 Å². The molecule has 2 N–H and O–H groups in total. The van der Waals surface area contributed by atoms with Crippen LogP contribution in [0.1, 0.15) is 57.9 Å². The molecule has 4 fully saturated rings. The Balaban J connectivity index is 1.51. The van der Waals surface area contributed by atoms with Crippen molar-refractivity contribution in [2.45, 2.75) is 70.2 Å². The number of carbonyl (C=O) groups excluding carboxylic acids is 2. The van der Waals surface area contributed by atoms with E-state index < -0.39 is 15.9 Å². The summed E-state index contributed by atoms with van der Waals surface area (Å²) in [5.74, 6) is 1.61. The number of hydrogen-bond donors (Lipinski definition) is 2. The first kappa shape index (κ1) is 22.3. The van der Waals surface area contributed by atoms with Gasteiger partial charge in [-0.05, 0) is 86.8 Å². The minimum atomic E-state index is -3.38. The number of anilines is 1. The molecule has 0 heterocycles. The van der Waals surface area contributed by atoms with Crippen LogP contribution < -0.4 is 10.6 Å². The second-order valence-corrected chi connectivity index (χ2v) is 12.6. The second-order valence-electron chi connectivity index (χ2n) is 10.6. The molecule has 1 aromatic carbocycles. The number of rotatable bonds is 6. The zero-order valence-electron chi connectivity index (χ0n) is 18.9. The van der Waals surface area contributed by atoms with Gasteiger partial charge in [0.15, 0.2) is 9.84 Å². The molecule has 4 aliphatic carbocycles. The summed E-state index contributed by atoms with van der Waals surface area (Å²) >= 11 is 0. The largest absolute Gasteiger partial charge is 0.344 e. The van der Waals surface area contributed by atoms with Crippen molar-refractivity contribution in [1.29, 1.82) is 0 Å². The molecule has 0 saturated heterocycles. The second kappa shape index (κ2) is 7.91. The van der Waals surface area contributed by atoms with E-state index in [1.807, 2.05) is 20.8 Å². The molecule has 5 rings (SSSR count). The molecule has 170 valence electrons. The van der Waals surface area contributed by atoms with E-state index in [2.05, 4.69) is 10.6 Å². The molecule has 0 aromatic heterocycles. The van der Waals surface area contributed by atoms with Gasteiger partial charge in [-0.3, -0.25) is 9.59 Å². The van der Waals surface area contributed by atoms with Gasteiger partial charge in [0.25, 0.3) is 0 Å². The summed E-state index contributed by atoms with van der Waals surface area (Å²) in [4.78, 5) is 26.8. The van der Waals surface area contributed by atoms with Crippen LogP contribution in [0.2, 0.25) is 0 Å². The maximum Gasteiger partial charge on any atom is 0.247 e. The Labute approximate surface area is 185 Å². The van der Waals surface area contributed by atoms with E-state index >= 15 is 0 Å². The molecule has 7 heteroatoms. The fourth-order valence-electron chi connectivity index (χ4n) is 6.39. The molecule has 0 spiro atoms. The number of nitrogens with one attached hydrogen (secondary N) is 2. The quantitative estimate of drug-likeness (QED) is 0.697. The van der Waals surface area contributed by atoms with Crippen LogP contribution in [0.4, 0.5) is 5.69 Å². The van der Waals surface area contributed by atoms with Gasteiger partial charge in [0.2, 0.25) is 11.8 Å². The minimum absolute atomic E-state index is 0.0297. The van der Waals surface area contributed by atoms with Crippen LogP contribution in [0.5, 0.6) is 0 Å². The van der Waals surface area contributed by atoms with Gasteiger partial charge in [-0.2, -0.15) is 0 Å². The van der Waals surface area contributed by atoms with Crippen molar-refractivity contribution in [3.63, 3.8) is 0 Å². The number of hydrogen-bond acceptors (Lipinski definition) is 4. The number of carbonyl (C=O) groups is 2. The molecule has 1 aromatic rings. The third-order valence-corrected chi connectivity index (χ3v) is 8.76. The zero-order valence-corrected chi connectivity index (χ0v) is 19.7. The highest BCUT2D eigenvalue weighted by Crippen LogP contribution is 2.60. The Kier molecular flexibility index (Phi) is 5.69. The summed E-state index contributed by atoms with van der Waals surface area (Å²) in [7, 11) is -3.38. The van der Waals surface area contributed by atoms with Gasteiger partial charge >= 0.3 is 0 Å². The molecular weight excluding hydrogens is 412 g/mol. The highest BCUT2D eigenvalue weighted by Gasteiger charge is 2.55. The van der Waals surface area contributed by atoms with Crippen molar-refractivity contribution in [3.8, 4) is 0 Å². The van der Waals surface area contributed by atoms with Gasteiger partial charge in [0.05, 0.1) is 4.90 Å². The lowest BCUT2D eigenvalue weighted by atomic mass is 9.49. The third kappa shape index (κ3) is 4.38. The molecule has 4 bridgehead atoms. The number of benzene rings is 1. The molecule has 2 amide bonds. The highest BCUT2D eigenvalue weighted by molar-refractivity contribution is 7.90. The first-order valence-electron chi connectivity index (χ1n) is 11.4. The first-order chi connectivity index (χ1) is 14.5. The third-order valence-electron chi connectivity index (χ3n) is 7.65. The molecule has 6 nitrogen and oxygen atoms in total. The van der Waals surface area contributed by atoms with Crippen LogP contribution in [0.15, 0.2) is 23.1 Å². The van der Waals surface area contributed by atoms with E-state index in [4.69, 9.17) is 0 Å². The molecule has 4 aliphatic rings. The normalized spacial score (nSPS) is 30.3. The molecule has 1 atom stereocenters. The zero-order chi connectivity index (χ0) is 22.6. The highest BCUT2D eigenvalue weighted by atomic mass is 32.2. The predicted octanol–water partition coefficient (Wildman–Crippen LogP) is 3.69. The maximum atomic E-state index is 13.5. The summed E-state index contributed by atoms with van der Waals surface area (Å²) in [5.41, 5.74) is 0.923. The first-order valence-corrected chi connectivity index (χ1v) is 13.3. The van der Waals surface area contributed by atoms with E-state index in [1.165, 1.54) is 31.4 Å². The minimum Gasteiger partial charge on any atom is -0.344 e. The summed E-state index contributed by atoms with van der Waals surface area (Å²) in [6.45, 7) is 5.66. The SMILES string of the molecule is Cc1ccc(S(C)(=O)=O)cc1NC(=O)C(NC(=O)C12CC3CC(CC(C3)C1)C2)C(C)C. The molecule has 4 saturated carbocycles. The maximum absolute atomic E-state index is 13.5. The topological polar surface area (TPSA) is 92.3 Å².